The number of fused-ring (bicyclic) bond motifs is 1. The monoisotopic (exact) mass is 748 g/mol. The molecule has 11 nitrogen and oxygen atoms in total. The van der Waals surface area contributed by atoms with Gasteiger partial charge >= 0.3 is 12.1 Å². The van der Waals surface area contributed by atoms with Crippen molar-refractivity contribution < 1.29 is 43.2 Å². The average molecular weight is 749 g/mol. The number of nitrogens with zero attached hydrogens (tertiary/aromatic N) is 1. The Morgan fingerprint density at radius 2 is 1.67 bits per heavy atom. The summed E-state index contributed by atoms with van der Waals surface area (Å²) in [5.41, 5.74) is 1.53. The SMILES string of the molecule is CCOC(O)CN(C(=O)c1ccc(OC(CC)C(C)NC(=O)OC(C)(C)C)cc1)C1C=C(OC)C=CC1[C@@H]1CCc2cc(OC(=O)C(C)(C)C)ccc2C1. The van der Waals surface area contributed by atoms with Crippen LogP contribution in [0, 0.1) is 17.3 Å². The molecule has 2 aliphatic carbocycles. The molecule has 11 heteroatoms. The summed E-state index contributed by atoms with van der Waals surface area (Å²) in [4.78, 5) is 41.0. The van der Waals surface area contributed by atoms with Crippen LogP contribution in [0.4, 0.5) is 4.79 Å². The second-order valence-corrected chi connectivity index (χ2v) is 16.2. The van der Waals surface area contributed by atoms with Gasteiger partial charge in [-0.05, 0) is 147 Å². The van der Waals surface area contributed by atoms with Crippen LogP contribution >= 0.6 is 0 Å². The molecular formula is C43H60N2O9. The largest absolute Gasteiger partial charge is 0.497 e. The zero-order valence-electron chi connectivity index (χ0n) is 33.6. The number of carbonyl (C=O) groups excluding carboxylic acids is 3. The van der Waals surface area contributed by atoms with E-state index in [9.17, 15) is 19.5 Å². The fraction of sp³-hybridized carbons (Fsp3) is 0.558. The number of alkyl carbamates (subject to hydrolysis) is 1. The van der Waals surface area contributed by atoms with Crippen molar-refractivity contribution in [1.29, 1.82) is 0 Å². The van der Waals surface area contributed by atoms with E-state index < -0.39 is 29.4 Å². The summed E-state index contributed by atoms with van der Waals surface area (Å²) in [5, 5.41) is 13.8. The maximum Gasteiger partial charge on any atom is 0.407 e. The molecule has 2 amide bonds. The van der Waals surface area contributed by atoms with Crippen molar-refractivity contribution in [1.82, 2.24) is 10.2 Å². The first-order chi connectivity index (χ1) is 25.4. The minimum absolute atomic E-state index is 0.0506. The number of aliphatic hydroxyl groups excluding tert-OH is 1. The normalized spacial score (nSPS) is 20.1. The van der Waals surface area contributed by atoms with Gasteiger partial charge in [0.1, 0.15) is 29.0 Å². The molecule has 296 valence electrons. The zero-order chi connectivity index (χ0) is 39.8. The van der Waals surface area contributed by atoms with Crippen LogP contribution in [-0.2, 0) is 31.8 Å². The third-order valence-corrected chi connectivity index (χ3v) is 9.69. The summed E-state index contributed by atoms with van der Waals surface area (Å²) in [6.07, 6.45) is 7.01. The Labute approximate surface area is 321 Å². The molecule has 0 bridgehead atoms. The number of aliphatic hydroxyl groups is 1. The predicted molar refractivity (Wildman–Crippen MR) is 207 cm³/mol. The number of carbonyl (C=O) groups is 3. The molecular weight excluding hydrogens is 688 g/mol. The van der Waals surface area contributed by atoms with E-state index in [4.69, 9.17) is 23.7 Å². The molecule has 2 aliphatic rings. The molecule has 0 heterocycles. The minimum atomic E-state index is -1.20. The van der Waals surface area contributed by atoms with E-state index in [2.05, 4.69) is 11.4 Å². The van der Waals surface area contributed by atoms with Gasteiger partial charge in [0.25, 0.3) is 5.91 Å². The molecule has 2 N–H and O–H groups in total. The van der Waals surface area contributed by atoms with E-state index in [1.165, 1.54) is 5.56 Å². The second kappa shape index (κ2) is 18.3. The Balaban J connectivity index is 1.55. The summed E-state index contributed by atoms with van der Waals surface area (Å²) < 4.78 is 28.5. The van der Waals surface area contributed by atoms with Gasteiger partial charge in [-0.15, -0.1) is 0 Å². The van der Waals surface area contributed by atoms with Gasteiger partial charge in [-0.1, -0.05) is 19.1 Å². The fourth-order valence-electron chi connectivity index (χ4n) is 6.83. The number of esters is 1. The molecule has 6 atom stereocenters. The molecule has 54 heavy (non-hydrogen) atoms. The Morgan fingerprint density at radius 1 is 0.981 bits per heavy atom. The summed E-state index contributed by atoms with van der Waals surface area (Å²) >= 11 is 0. The number of ether oxygens (including phenoxy) is 5. The molecule has 0 aromatic heterocycles. The van der Waals surface area contributed by atoms with Crippen LogP contribution in [0.25, 0.3) is 0 Å². The second-order valence-electron chi connectivity index (χ2n) is 16.2. The lowest BCUT2D eigenvalue weighted by molar-refractivity contribution is -0.143. The van der Waals surface area contributed by atoms with Gasteiger partial charge in [0.05, 0.1) is 31.2 Å². The van der Waals surface area contributed by atoms with Gasteiger partial charge in [0.2, 0.25) is 0 Å². The van der Waals surface area contributed by atoms with Crippen molar-refractivity contribution in [2.75, 3.05) is 20.3 Å². The highest BCUT2D eigenvalue weighted by Gasteiger charge is 2.38. The quantitative estimate of drug-likeness (QED) is 0.115. The summed E-state index contributed by atoms with van der Waals surface area (Å²) in [5.74, 6) is 1.27. The predicted octanol–water partition coefficient (Wildman–Crippen LogP) is 7.40. The highest BCUT2D eigenvalue weighted by atomic mass is 16.6. The number of rotatable bonds is 14. The zero-order valence-corrected chi connectivity index (χ0v) is 33.6. The number of methoxy groups -OCH3 is 1. The van der Waals surface area contributed by atoms with Crippen LogP contribution in [-0.4, -0.2) is 78.3 Å². The van der Waals surface area contributed by atoms with Gasteiger partial charge in [0.15, 0.2) is 6.29 Å². The Bertz CT molecular complexity index is 1650. The third-order valence-electron chi connectivity index (χ3n) is 9.69. The topological polar surface area (TPSA) is 133 Å². The number of hydrogen-bond donors (Lipinski definition) is 2. The lowest BCUT2D eigenvalue weighted by Gasteiger charge is -2.41. The van der Waals surface area contributed by atoms with Gasteiger partial charge in [-0.2, -0.15) is 0 Å². The van der Waals surface area contributed by atoms with Crippen molar-refractivity contribution in [3.8, 4) is 11.5 Å². The number of nitrogens with one attached hydrogen (secondary N) is 1. The highest BCUT2D eigenvalue weighted by molar-refractivity contribution is 5.94. The minimum Gasteiger partial charge on any atom is -0.497 e. The van der Waals surface area contributed by atoms with Crippen LogP contribution in [0.2, 0.25) is 0 Å². The van der Waals surface area contributed by atoms with E-state index in [1.54, 1.807) is 43.2 Å². The first-order valence-corrected chi connectivity index (χ1v) is 19.1. The van der Waals surface area contributed by atoms with E-state index in [0.29, 0.717) is 29.2 Å². The molecule has 0 spiro atoms. The maximum absolute atomic E-state index is 14.5. The molecule has 2 aromatic carbocycles. The van der Waals surface area contributed by atoms with Crippen molar-refractivity contribution in [3.63, 3.8) is 0 Å². The maximum atomic E-state index is 14.5. The molecule has 0 saturated heterocycles. The summed E-state index contributed by atoms with van der Waals surface area (Å²) in [6.45, 7) is 16.8. The molecule has 0 radical (unpaired) electrons. The summed E-state index contributed by atoms with van der Waals surface area (Å²) in [7, 11) is 1.60. The summed E-state index contributed by atoms with van der Waals surface area (Å²) in [6, 6.07) is 12.0. The van der Waals surface area contributed by atoms with E-state index in [-0.39, 0.29) is 49.0 Å². The lowest BCUT2D eigenvalue weighted by Crippen LogP contribution is -2.50. The Kier molecular flexibility index (Phi) is 14.4. The van der Waals surface area contributed by atoms with Crippen LogP contribution in [0.3, 0.4) is 0 Å². The standard InChI is InChI=1S/C43H60N2O9/c1-11-37(27(3)44-41(49)54-43(7,8)9)52-32-18-15-28(16-19-32)39(47)45(26-38(46)51-12-2)36-25-33(50-10)21-22-35(36)31-14-13-30-24-34(20-17-29(30)23-31)53-40(48)42(4,5)6/h15-22,24-25,27,31,35-38,46H,11-14,23,26H2,1-10H3,(H,44,49)/t27?,31-,35?,36?,37?,38?/m1/s1. The van der Waals surface area contributed by atoms with Crippen LogP contribution < -0.4 is 14.8 Å². The third kappa shape index (κ3) is 11.6. The number of hydrogen-bond acceptors (Lipinski definition) is 9. The smallest absolute Gasteiger partial charge is 0.407 e. The number of allylic oxidation sites excluding steroid dienone is 1. The van der Waals surface area contributed by atoms with E-state index in [0.717, 1.165) is 24.8 Å². The van der Waals surface area contributed by atoms with Crippen molar-refractivity contribution in [3.05, 3.63) is 83.1 Å². The Morgan fingerprint density at radius 3 is 2.28 bits per heavy atom. The number of amides is 2. The van der Waals surface area contributed by atoms with Crippen molar-refractivity contribution in [2.24, 2.45) is 17.3 Å². The lowest BCUT2D eigenvalue weighted by atomic mass is 9.72. The van der Waals surface area contributed by atoms with E-state index in [1.807, 2.05) is 85.7 Å². The van der Waals surface area contributed by atoms with Gasteiger partial charge in [0, 0.05) is 18.1 Å². The van der Waals surface area contributed by atoms with Crippen LogP contribution in [0.15, 0.2) is 66.5 Å². The van der Waals surface area contributed by atoms with Gasteiger partial charge < -0.3 is 39.0 Å². The molecule has 0 fully saturated rings. The fourth-order valence-corrected chi connectivity index (χ4v) is 6.83. The van der Waals surface area contributed by atoms with Crippen molar-refractivity contribution >= 4 is 18.0 Å². The van der Waals surface area contributed by atoms with Gasteiger partial charge in [-0.25, -0.2) is 4.79 Å². The number of benzene rings is 2. The first kappa shape index (κ1) is 42.4. The molecule has 2 aromatic rings. The molecule has 5 unspecified atom stereocenters. The average Bonchev–Trinajstić information content (AvgIpc) is 3.11. The van der Waals surface area contributed by atoms with Crippen LogP contribution in [0.5, 0.6) is 11.5 Å². The molecule has 0 saturated carbocycles. The van der Waals surface area contributed by atoms with Gasteiger partial charge in [-0.3, -0.25) is 9.59 Å². The number of aryl methyl sites for hydroxylation is 1. The van der Waals surface area contributed by atoms with Crippen LogP contribution in [0.1, 0.15) is 96.6 Å². The van der Waals surface area contributed by atoms with E-state index >= 15 is 0 Å². The first-order valence-electron chi connectivity index (χ1n) is 19.1. The Hall–Kier alpha value is -4.35. The molecule has 4 rings (SSSR count). The highest BCUT2D eigenvalue weighted by Crippen LogP contribution is 2.39. The van der Waals surface area contributed by atoms with Crippen molar-refractivity contribution in [2.45, 2.75) is 118 Å². The molecule has 0 aliphatic heterocycles.